The lowest BCUT2D eigenvalue weighted by molar-refractivity contribution is 0.612. The van der Waals surface area contributed by atoms with Crippen LogP contribution in [0.5, 0.6) is 0 Å². The van der Waals surface area contributed by atoms with Crippen LogP contribution >= 0.6 is 0 Å². The molecule has 1 N–H and O–H groups in total. The zero-order valence-corrected chi connectivity index (χ0v) is 10.8. The Bertz CT molecular complexity index is 610. The summed E-state index contributed by atoms with van der Waals surface area (Å²) < 4.78 is 15.0. The quantitative estimate of drug-likeness (QED) is 0.899. The van der Waals surface area contributed by atoms with E-state index in [1.165, 1.54) is 6.07 Å². The third-order valence-corrected chi connectivity index (χ3v) is 2.78. The summed E-state index contributed by atoms with van der Waals surface area (Å²) in [4.78, 5) is 16.0. The summed E-state index contributed by atoms with van der Waals surface area (Å²) in [5.74, 6) is -0.0426. The highest BCUT2D eigenvalue weighted by atomic mass is 19.1. The molecule has 0 saturated carbocycles. The van der Waals surface area contributed by atoms with E-state index < -0.39 is 0 Å². The van der Waals surface area contributed by atoms with E-state index in [9.17, 15) is 9.18 Å². The molecule has 0 amide bonds. The average Bonchev–Trinajstić information content (AvgIpc) is 2.42. The minimum atomic E-state index is -0.292. The van der Waals surface area contributed by atoms with Gasteiger partial charge in [0.1, 0.15) is 5.82 Å². The maximum atomic E-state index is 13.4. The number of nitrogens with zero attached hydrogens (tertiary/aromatic N) is 2. The van der Waals surface area contributed by atoms with Gasteiger partial charge in [-0.2, -0.15) is 0 Å². The summed E-state index contributed by atoms with van der Waals surface area (Å²) in [6.45, 7) is 2.89. The number of rotatable bonds is 5. The molecular weight excluding hydrogens is 245 g/mol. The van der Waals surface area contributed by atoms with Gasteiger partial charge in [0.2, 0.25) is 0 Å². The first-order valence-corrected chi connectivity index (χ1v) is 6.25. The van der Waals surface area contributed by atoms with Crippen molar-refractivity contribution in [2.75, 3.05) is 5.32 Å². The number of nitrogens with one attached hydrogen (secondary N) is 1. The highest BCUT2D eigenvalue weighted by Gasteiger charge is 2.05. The van der Waals surface area contributed by atoms with Gasteiger partial charge >= 0.3 is 0 Å². The summed E-state index contributed by atoms with van der Waals surface area (Å²) in [5, 5.41) is 2.88. The molecule has 2 rings (SSSR count). The Labute approximate surface area is 110 Å². The predicted octanol–water partition coefficient (Wildman–Crippen LogP) is 2.40. The molecule has 4 nitrogen and oxygen atoms in total. The van der Waals surface area contributed by atoms with Crippen molar-refractivity contribution in [1.82, 2.24) is 9.55 Å². The third-order valence-electron chi connectivity index (χ3n) is 2.78. The van der Waals surface area contributed by atoms with Crippen molar-refractivity contribution in [3.8, 4) is 0 Å². The first-order valence-electron chi connectivity index (χ1n) is 6.25. The monoisotopic (exact) mass is 261 g/mol. The van der Waals surface area contributed by atoms with Crippen LogP contribution in [0.4, 0.5) is 10.2 Å². The first kappa shape index (κ1) is 13.3. The molecule has 0 radical (unpaired) electrons. The van der Waals surface area contributed by atoms with E-state index in [2.05, 4.69) is 10.3 Å². The molecule has 19 heavy (non-hydrogen) atoms. The van der Waals surface area contributed by atoms with Crippen LogP contribution in [0, 0.1) is 5.82 Å². The molecule has 0 saturated heterocycles. The van der Waals surface area contributed by atoms with Crippen molar-refractivity contribution in [1.29, 1.82) is 0 Å². The Morgan fingerprint density at radius 3 is 2.89 bits per heavy atom. The molecule has 0 aliphatic rings. The molecule has 1 aromatic carbocycles. The Balaban J connectivity index is 2.14. The van der Waals surface area contributed by atoms with E-state index in [4.69, 9.17) is 0 Å². The largest absolute Gasteiger partial charge is 0.361 e. The van der Waals surface area contributed by atoms with Gasteiger partial charge in [0.05, 0.1) is 0 Å². The molecule has 0 unspecified atom stereocenters. The van der Waals surface area contributed by atoms with Crippen LogP contribution in [0.15, 0.2) is 41.5 Å². The smallest absolute Gasteiger partial charge is 0.293 e. The number of anilines is 1. The number of aryl methyl sites for hydroxylation is 1. The summed E-state index contributed by atoms with van der Waals surface area (Å²) in [5.41, 5.74) is 0.329. The molecular formula is C14H16FN3O. The van der Waals surface area contributed by atoms with Crippen LogP contribution in [-0.4, -0.2) is 9.55 Å². The Morgan fingerprint density at radius 1 is 1.37 bits per heavy atom. The standard InChI is InChI=1S/C14H16FN3O/c1-2-8-18-9-7-16-13(14(18)19)17-10-11-5-3-4-6-12(11)15/h3-7,9H,2,8,10H2,1H3,(H,16,17). The number of benzene rings is 1. The molecule has 1 heterocycles. The predicted molar refractivity (Wildman–Crippen MR) is 72.5 cm³/mol. The van der Waals surface area contributed by atoms with Crippen LogP contribution in [0.25, 0.3) is 0 Å². The van der Waals surface area contributed by atoms with E-state index in [0.717, 1.165) is 6.42 Å². The third kappa shape index (κ3) is 3.19. The van der Waals surface area contributed by atoms with Crippen LogP contribution in [-0.2, 0) is 13.1 Å². The minimum absolute atomic E-state index is 0.180. The number of hydrogen-bond donors (Lipinski definition) is 1. The molecule has 0 spiro atoms. The second kappa shape index (κ2) is 6.13. The summed E-state index contributed by atoms with van der Waals surface area (Å²) >= 11 is 0. The molecule has 5 heteroatoms. The summed E-state index contributed by atoms with van der Waals surface area (Å²) in [6, 6.07) is 6.46. The Kier molecular flexibility index (Phi) is 4.28. The van der Waals surface area contributed by atoms with Gasteiger partial charge in [-0.15, -0.1) is 0 Å². The molecule has 0 fully saturated rings. The lowest BCUT2D eigenvalue weighted by atomic mass is 10.2. The average molecular weight is 261 g/mol. The molecule has 0 bridgehead atoms. The molecule has 2 aromatic rings. The van der Waals surface area contributed by atoms with E-state index in [0.29, 0.717) is 12.1 Å². The molecule has 100 valence electrons. The fourth-order valence-electron chi connectivity index (χ4n) is 1.81. The van der Waals surface area contributed by atoms with Crippen LogP contribution < -0.4 is 10.9 Å². The SMILES string of the molecule is CCCn1ccnc(NCc2ccccc2F)c1=O. The summed E-state index contributed by atoms with van der Waals surface area (Å²) in [7, 11) is 0. The first-order chi connectivity index (χ1) is 9.22. The van der Waals surface area contributed by atoms with E-state index in [-0.39, 0.29) is 23.7 Å². The molecule has 0 aliphatic carbocycles. The van der Waals surface area contributed by atoms with Gasteiger partial charge in [-0.05, 0) is 12.5 Å². The second-order valence-electron chi connectivity index (χ2n) is 4.22. The maximum absolute atomic E-state index is 13.4. The Hall–Kier alpha value is -2.17. The van der Waals surface area contributed by atoms with Gasteiger partial charge in [-0.3, -0.25) is 4.79 Å². The maximum Gasteiger partial charge on any atom is 0.293 e. The fourth-order valence-corrected chi connectivity index (χ4v) is 1.81. The van der Waals surface area contributed by atoms with Crippen molar-refractivity contribution in [3.63, 3.8) is 0 Å². The minimum Gasteiger partial charge on any atom is -0.361 e. The Morgan fingerprint density at radius 2 is 2.16 bits per heavy atom. The van der Waals surface area contributed by atoms with Crippen LogP contribution in [0.1, 0.15) is 18.9 Å². The van der Waals surface area contributed by atoms with Gasteiger partial charge in [-0.1, -0.05) is 25.1 Å². The highest BCUT2D eigenvalue weighted by Crippen LogP contribution is 2.07. The van der Waals surface area contributed by atoms with Gasteiger partial charge in [0.25, 0.3) is 5.56 Å². The topological polar surface area (TPSA) is 46.9 Å². The lowest BCUT2D eigenvalue weighted by Crippen LogP contribution is -2.24. The summed E-state index contributed by atoms with van der Waals surface area (Å²) in [6.07, 6.45) is 4.09. The number of halogens is 1. The molecule has 0 aliphatic heterocycles. The molecule has 1 aromatic heterocycles. The van der Waals surface area contributed by atoms with Gasteiger partial charge in [-0.25, -0.2) is 9.37 Å². The number of aromatic nitrogens is 2. The van der Waals surface area contributed by atoms with Crippen molar-refractivity contribution >= 4 is 5.82 Å². The lowest BCUT2D eigenvalue weighted by Gasteiger charge is -2.08. The fraction of sp³-hybridized carbons (Fsp3) is 0.286. The van der Waals surface area contributed by atoms with Crippen molar-refractivity contribution in [2.45, 2.75) is 26.4 Å². The van der Waals surface area contributed by atoms with Gasteiger partial charge < -0.3 is 9.88 Å². The van der Waals surface area contributed by atoms with Gasteiger partial charge in [0.15, 0.2) is 5.82 Å². The zero-order valence-electron chi connectivity index (χ0n) is 10.8. The van der Waals surface area contributed by atoms with E-state index in [1.54, 1.807) is 35.2 Å². The normalized spacial score (nSPS) is 10.4. The number of hydrogen-bond acceptors (Lipinski definition) is 3. The molecule has 0 atom stereocenters. The van der Waals surface area contributed by atoms with Crippen molar-refractivity contribution < 1.29 is 4.39 Å². The zero-order chi connectivity index (χ0) is 13.7. The second-order valence-corrected chi connectivity index (χ2v) is 4.22. The van der Waals surface area contributed by atoms with E-state index >= 15 is 0 Å². The van der Waals surface area contributed by atoms with Crippen LogP contribution in [0.2, 0.25) is 0 Å². The highest BCUT2D eigenvalue weighted by molar-refractivity contribution is 5.33. The van der Waals surface area contributed by atoms with Gasteiger partial charge in [0, 0.05) is 31.0 Å². The van der Waals surface area contributed by atoms with Crippen molar-refractivity contribution in [2.24, 2.45) is 0 Å². The van der Waals surface area contributed by atoms with Crippen molar-refractivity contribution in [3.05, 3.63) is 58.4 Å². The van der Waals surface area contributed by atoms with E-state index in [1.807, 2.05) is 6.92 Å². The van der Waals surface area contributed by atoms with Crippen LogP contribution in [0.3, 0.4) is 0 Å².